The summed E-state index contributed by atoms with van der Waals surface area (Å²) in [6.45, 7) is 1.79. The van der Waals surface area contributed by atoms with Gasteiger partial charge in [-0.15, -0.1) is 12.4 Å². The van der Waals surface area contributed by atoms with Crippen LogP contribution in [-0.4, -0.2) is 13.7 Å². The lowest BCUT2D eigenvalue weighted by Gasteiger charge is -2.15. The van der Waals surface area contributed by atoms with E-state index in [0.717, 1.165) is 34.1 Å². The zero-order chi connectivity index (χ0) is 22.4. The molecule has 0 aromatic heterocycles. The van der Waals surface area contributed by atoms with E-state index < -0.39 is 0 Å². The van der Waals surface area contributed by atoms with Crippen molar-refractivity contribution in [3.8, 4) is 11.5 Å². The average molecular weight is 601 g/mol. The van der Waals surface area contributed by atoms with E-state index in [0.29, 0.717) is 44.7 Å². The topological polar surface area (TPSA) is 30.5 Å². The highest BCUT2D eigenvalue weighted by atomic mass is 79.9. The molecule has 0 aliphatic rings. The Morgan fingerprint density at radius 1 is 0.875 bits per heavy atom. The van der Waals surface area contributed by atoms with Crippen LogP contribution < -0.4 is 14.8 Å². The van der Waals surface area contributed by atoms with E-state index in [4.69, 9.17) is 55.9 Å². The maximum Gasteiger partial charge on any atom is 0.175 e. The van der Waals surface area contributed by atoms with Crippen molar-refractivity contribution in [2.45, 2.75) is 19.6 Å². The molecule has 0 bridgehead atoms. The highest BCUT2D eigenvalue weighted by molar-refractivity contribution is 9.10. The van der Waals surface area contributed by atoms with Crippen molar-refractivity contribution in [1.29, 1.82) is 0 Å². The van der Waals surface area contributed by atoms with E-state index in [-0.39, 0.29) is 12.4 Å². The molecule has 0 saturated carbocycles. The van der Waals surface area contributed by atoms with Crippen LogP contribution in [0.4, 0.5) is 0 Å². The second-order valence-electron chi connectivity index (χ2n) is 6.81. The molecule has 172 valence electrons. The lowest BCUT2D eigenvalue weighted by molar-refractivity contribution is 0.282. The van der Waals surface area contributed by atoms with Crippen LogP contribution in [0.5, 0.6) is 11.5 Å². The molecule has 3 aromatic carbocycles. The van der Waals surface area contributed by atoms with Gasteiger partial charge in [0.2, 0.25) is 0 Å². The quantitative estimate of drug-likeness (QED) is 0.250. The Labute approximate surface area is 222 Å². The van der Waals surface area contributed by atoms with E-state index in [1.54, 1.807) is 25.3 Å². The zero-order valence-electron chi connectivity index (χ0n) is 17.1. The molecule has 0 atom stereocenters. The Morgan fingerprint density at radius 3 is 2.34 bits per heavy atom. The lowest BCUT2D eigenvalue weighted by Crippen LogP contribution is -2.17. The molecule has 0 radical (unpaired) electrons. The number of methoxy groups -OCH3 is 1. The van der Waals surface area contributed by atoms with Gasteiger partial charge in [-0.1, -0.05) is 58.5 Å². The number of hydrogen-bond acceptors (Lipinski definition) is 3. The van der Waals surface area contributed by atoms with Gasteiger partial charge in [0, 0.05) is 16.6 Å². The first-order valence-corrected chi connectivity index (χ1v) is 11.8. The van der Waals surface area contributed by atoms with Gasteiger partial charge in [0.25, 0.3) is 0 Å². The fourth-order valence-electron chi connectivity index (χ4n) is 2.98. The second-order valence-corrected chi connectivity index (χ2v) is 9.32. The van der Waals surface area contributed by atoms with Gasteiger partial charge in [-0.25, -0.2) is 0 Å². The van der Waals surface area contributed by atoms with Gasteiger partial charge >= 0.3 is 0 Å². The minimum Gasteiger partial charge on any atom is -0.493 e. The van der Waals surface area contributed by atoms with Crippen LogP contribution in [0.25, 0.3) is 0 Å². The van der Waals surface area contributed by atoms with Crippen LogP contribution in [-0.2, 0) is 19.6 Å². The molecule has 3 rings (SSSR count). The molecule has 1 N–H and O–H groups in total. The Hall–Kier alpha value is -0.850. The maximum absolute atomic E-state index is 6.23. The van der Waals surface area contributed by atoms with Crippen molar-refractivity contribution < 1.29 is 9.47 Å². The molecular formula is C23H21BrCl5NO2. The van der Waals surface area contributed by atoms with Gasteiger partial charge in [0.15, 0.2) is 11.5 Å². The summed E-state index contributed by atoms with van der Waals surface area (Å²) in [5.74, 6) is 1.28. The third-order valence-electron chi connectivity index (χ3n) is 4.57. The number of benzene rings is 3. The van der Waals surface area contributed by atoms with E-state index in [1.165, 1.54) is 0 Å². The first-order valence-electron chi connectivity index (χ1n) is 9.45. The third-order valence-corrected chi connectivity index (χ3v) is 6.49. The smallest absolute Gasteiger partial charge is 0.175 e. The zero-order valence-corrected chi connectivity index (χ0v) is 22.5. The molecule has 32 heavy (non-hydrogen) atoms. The number of hydrogen-bond donors (Lipinski definition) is 1. The SMILES string of the molecule is COc1cc(CNCCc2ccc(Cl)cc2Cl)cc(Br)c1OCc1ccc(Cl)c(Cl)c1.Cl. The third kappa shape index (κ3) is 7.59. The monoisotopic (exact) mass is 597 g/mol. The Kier molecular flexibility index (Phi) is 11.3. The number of nitrogens with one attached hydrogen (secondary N) is 1. The summed E-state index contributed by atoms with van der Waals surface area (Å²) < 4.78 is 12.3. The molecule has 0 saturated heterocycles. The summed E-state index contributed by atoms with van der Waals surface area (Å²) in [5, 5.41) is 5.75. The maximum atomic E-state index is 6.23. The van der Waals surface area contributed by atoms with Crippen molar-refractivity contribution in [2.24, 2.45) is 0 Å². The summed E-state index contributed by atoms with van der Waals surface area (Å²) in [6, 6.07) is 14.9. The van der Waals surface area contributed by atoms with Crippen LogP contribution in [0, 0.1) is 0 Å². The van der Waals surface area contributed by atoms with E-state index >= 15 is 0 Å². The van der Waals surface area contributed by atoms with Gasteiger partial charge in [-0.2, -0.15) is 0 Å². The minimum atomic E-state index is 0. The van der Waals surface area contributed by atoms with Crippen LogP contribution in [0.15, 0.2) is 53.0 Å². The summed E-state index contributed by atoms with van der Waals surface area (Å²) >= 11 is 27.8. The van der Waals surface area contributed by atoms with Crippen molar-refractivity contribution in [1.82, 2.24) is 5.32 Å². The molecule has 0 aliphatic heterocycles. The first kappa shape index (κ1) is 27.4. The van der Waals surface area contributed by atoms with Crippen LogP contribution in [0.1, 0.15) is 16.7 Å². The normalized spacial score (nSPS) is 10.6. The molecule has 0 amide bonds. The Balaban J connectivity index is 0.00000363. The van der Waals surface area contributed by atoms with Crippen LogP contribution in [0.2, 0.25) is 20.1 Å². The van der Waals surface area contributed by atoms with Crippen LogP contribution >= 0.6 is 74.7 Å². The molecule has 0 heterocycles. The molecule has 0 aliphatic carbocycles. The molecule has 3 aromatic rings. The van der Waals surface area contributed by atoms with Gasteiger partial charge in [-0.05, 0) is 82.0 Å². The first-order chi connectivity index (χ1) is 14.9. The average Bonchev–Trinajstić information content (AvgIpc) is 2.73. The van der Waals surface area contributed by atoms with Crippen molar-refractivity contribution in [3.63, 3.8) is 0 Å². The standard InChI is InChI=1S/C23H20BrCl4NO2.ClH/c1-30-22-10-15(12-29-7-6-16-3-4-17(25)11-20(16)27)8-18(24)23(22)31-13-14-2-5-19(26)21(28)9-14;/h2-5,8-11,29H,6-7,12-13H2,1H3;1H. The number of rotatable bonds is 9. The highest BCUT2D eigenvalue weighted by Crippen LogP contribution is 2.37. The lowest BCUT2D eigenvalue weighted by atomic mass is 10.1. The second kappa shape index (κ2) is 13.1. The fourth-order valence-corrected chi connectivity index (χ4v) is 4.41. The van der Waals surface area contributed by atoms with Gasteiger partial charge in [0.05, 0.1) is 21.6 Å². The van der Waals surface area contributed by atoms with Gasteiger partial charge < -0.3 is 14.8 Å². The van der Waals surface area contributed by atoms with E-state index in [9.17, 15) is 0 Å². The molecular weight excluding hydrogens is 579 g/mol. The van der Waals surface area contributed by atoms with Crippen molar-refractivity contribution in [2.75, 3.05) is 13.7 Å². The summed E-state index contributed by atoms with van der Waals surface area (Å²) in [4.78, 5) is 0. The predicted octanol–water partition coefficient (Wildman–Crippen LogP) is 8.40. The van der Waals surface area contributed by atoms with E-state index in [1.807, 2.05) is 30.3 Å². The largest absolute Gasteiger partial charge is 0.493 e. The molecule has 0 spiro atoms. The molecule has 0 fully saturated rings. The van der Waals surface area contributed by atoms with Crippen LogP contribution in [0.3, 0.4) is 0 Å². The molecule has 3 nitrogen and oxygen atoms in total. The minimum absolute atomic E-state index is 0. The highest BCUT2D eigenvalue weighted by Gasteiger charge is 2.13. The van der Waals surface area contributed by atoms with E-state index in [2.05, 4.69) is 21.2 Å². The number of ether oxygens (including phenoxy) is 2. The molecule has 9 heteroatoms. The van der Waals surface area contributed by atoms with Crippen molar-refractivity contribution >= 4 is 74.7 Å². The Bertz CT molecular complexity index is 1060. The van der Waals surface area contributed by atoms with Gasteiger partial charge in [0.1, 0.15) is 6.61 Å². The number of halogens is 6. The summed E-state index contributed by atoms with van der Waals surface area (Å²) in [5.41, 5.74) is 3.03. The Morgan fingerprint density at radius 2 is 1.66 bits per heavy atom. The van der Waals surface area contributed by atoms with Gasteiger partial charge in [-0.3, -0.25) is 0 Å². The molecule has 0 unspecified atom stereocenters. The summed E-state index contributed by atoms with van der Waals surface area (Å²) in [6.07, 6.45) is 0.805. The fraction of sp³-hybridized carbons (Fsp3) is 0.217. The summed E-state index contributed by atoms with van der Waals surface area (Å²) in [7, 11) is 1.62. The predicted molar refractivity (Wildman–Crippen MR) is 141 cm³/mol. The van der Waals surface area contributed by atoms with Crippen molar-refractivity contribution in [3.05, 3.63) is 89.8 Å².